The van der Waals surface area contributed by atoms with Gasteiger partial charge in [0, 0.05) is 10.7 Å². The molecule has 2 rings (SSSR count). The van der Waals surface area contributed by atoms with Gasteiger partial charge < -0.3 is 4.74 Å². The fraction of sp³-hybridized carbons (Fsp3) is 0.0769. The lowest BCUT2D eigenvalue weighted by atomic mass is 10.2. The van der Waals surface area contributed by atoms with Crippen molar-refractivity contribution in [3.05, 3.63) is 58.9 Å². The second-order valence-corrected chi connectivity index (χ2v) is 6.92. The maximum absolute atomic E-state index is 12.7. The highest BCUT2D eigenvalue weighted by atomic mass is 35.7. The van der Waals surface area contributed by atoms with Gasteiger partial charge in [0.25, 0.3) is 9.05 Å². The Morgan fingerprint density at radius 1 is 1.10 bits per heavy atom. The van der Waals surface area contributed by atoms with E-state index in [2.05, 4.69) is 0 Å². The van der Waals surface area contributed by atoms with Crippen LogP contribution in [0.15, 0.2) is 47.4 Å². The average molecular weight is 335 g/mol. The molecule has 0 atom stereocenters. The topological polar surface area (TPSA) is 43.4 Å². The predicted molar refractivity (Wildman–Crippen MR) is 75.2 cm³/mol. The quantitative estimate of drug-likeness (QED) is 0.794. The van der Waals surface area contributed by atoms with Crippen molar-refractivity contribution in [1.29, 1.82) is 0 Å². The van der Waals surface area contributed by atoms with Crippen LogP contribution in [0.5, 0.6) is 5.75 Å². The van der Waals surface area contributed by atoms with Crippen molar-refractivity contribution in [3.63, 3.8) is 0 Å². The van der Waals surface area contributed by atoms with Gasteiger partial charge in [-0.2, -0.15) is 0 Å². The molecule has 0 N–H and O–H groups in total. The minimum atomic E-state index is -3.82. The largest absolute Gasteiger partial charge is 0.487 e. The van der Waals surface area contributed by atoms with Gasteiger partial charge in [-0.15, -0.1) is 0 Å². The van der Waals surface area contributed by atoms with Gasteiger partial charge in [-0.05, 0) is 35.9 Å². The van der Waals surface area contributed by atoms with Crippen LogP contribution in [0.25, 0.3) is 0 Å². The third kappa shape index (κ3) is 3.85. The SMILES string of the molecule is O=S(=O)(Cl)c1ccc(OCc2ccc(F)cc2)c(Cl)c1. The van der Waals surface area contributed by atoms with Crippen molar-refractivity contribution in [2.75, 3.05) is 0 Å². The van der Waals surface area contributed by atoms with E-state index in [1.54, 1.807) is 12.1 Å². The van der Waals surface area contributed by atoms with Gasteiger partial charge in [0.05, 0.1) is 9.92 Å². The summed E-state index contributed by atoms with van der Waals surface area (Å²) < 4.78 is 40.5. The van der Waals surface area contributed by atoms with Crippen LogP contribution in [0.2, 0.25) is 5.02 Å². The molecule has 0 aliphatic rings. The zero-order chi connectivity index (χ0) is 14.8. The van der Waals surface area contributed by atoms with Crippen LogP contribution in [0.1, 0.15) is 5.56 Å². The van der Waals surface area contributed by atoms with Gasteiger partial charge >= 0.3 is 0 Å². The van der Waals surface area contributed by atoms with E-state index in [1.807, 2.05) is 0 Å². The van der Waals surface area contributed by atoms with E-state index < -0.39 is 9.05 Å². The fourth-order valence-electron chi connectivity index (χ4n) is 1.49. The molecule has 106 valence electrons. The zero-order valence-corrected chi connectivity index (χ0v) is 12.3. The second kappa shape index (κ2) is 5.99. The first-order valence-electron chi connectivity index (χ1n) is 5.48. The summed E-state index contributed by atoms with van der Waals surface area (Å²) in [7, 11) is 1.38. The first-order chi connectivity index (χ1) is 9.36. The number of hydrogen-bond acceptors (Lipinski definition) is 3. The Balaban J connectivity index is 2.12. The molecule has 0 amide bonds. The second-order valence-electron chi connectivity index (χ2n) is 3.95. The van der Waals surface area contributed by atoms with Crippen molar-refractivity contribution in [3.8, 4) is 5.75 Å². The van der Waals surface area contributed by atoms with Gasteiger partial charge in [0.15, 0.2) is 0 Å². The van der Waals surface area contributed by atoms with Crippen LogP contribution in [-0.2, 0) is 15.7 Å². The van der Waals surface area contributed by atoms with Crippen LogP contribution >= 0.6 is 22.3 Å². The number of benzene rings is 2. The molecule has 0 bridgehead atoms. The molecule has 0 aliphatic heterocycles. The Bertz CT molecular complexity index is 715. The van der Waals surface area contributed by atoms with Crippen LogP contribution in [-0.4, -0.2) is 8.42 Å². The molecule has 0 aliphatic carbocycles. The molecule has 20 heavy (non-hydrogen) atoms. The summed E-state index contributed by atoms with van der Waals surface area (Å²) in [6.07, 6.45) is 0. The molecule has 0 aromatic heterocycles. The van der Waals surface area contributed by atoms with Crippen molar-refractivity contribution < 1.29 is 17.5 Å². The van der Waals surface area contributed by atoms with Crippen molar-refractivity contribution in [2.45, 2.75) is 11.5 Å². The van der Waals surface area contributed by atoms with Crippen LogP contribution in [0.4, 0.5) is 4.39 Å². The van der Waals surface area contributed by atoms with Gasteiger partial charge in [0.1, 0.15) is 18.2 Å². The zero-order valence-electron chi connectivity index (χ0n) is 10.0. The Morgan fingerprint density at radius 2 is 1.75 bits per heavy atom. The highest BCUT2D eigenvalue weighted by Crippen LogP contribution is 2.29. The normalized spacial score (nSPS) is 11.3. The summed E-state index contributed by atoms with van der Waals surface area (Å²) in [6, 6.07) is 9.74. The van der Waals surface area contributed by atoms with Gasteiger partial charge in [0.2, 0.25) is 0 Å². The van der Waals surface area contributed by atoms with Crippen LogP contribution in [0, 0.1) is 5.82 Å². The molecule has 2 aromatic rings. The lowest BCUT2D eigenvalue weighted by molar-refractivity contribution is 0.306. The summed E-state index contributed by atoms with van der Waals surface area (Å²) in [6.45, 7) is 0.187. The minimum Gasteiger partial charge on any atom is -0.487 e. The average Bonchev–Trinajstić information content (AvgIpc) is 2.38. The molecular formula is C13H9Cl2FO3S. The fourth-order valence-corrected chi connectivity index (χ4v) is 2.57. The molecule has 0 radical (unpaired) electrons. The Morgan fingerprint density at radius 3 is 2.30 bits per heavy atom. The number of hydrogen-bond donors (Lipinski definition) is 0. The van der Waals surface area contributed by atoms with E-state index in [-0.39, 0.29) is 22.3 Å². The highest BCUT2D eigenvalue weighted by Gasteiger charge is 2.12. The Labute approximate surface area is 125 Å². The van der Waals surface area contributed by atoms with Gasteiger partial charge in [-0.3, -0.25) is 0 Å². The molecular weight excluding hydrogens is 326 g/mol. The van der Waals surface area contributed by atoms with Gasteiger partial charge in [-0.1, -0.05) is 23.7 Å². The molecule has 3 nitrogen and oxygen atoms in total. The summed E-state index contributed by atoms with van der Waals surface area (Å²) >= 11 is 5.92. The molecule has 2 aromatic carbocycles. The lowest BCUT2D eigenvalue weighted by Gasteiger charge is -2.08. The van der Waals surface area contributed by atoms with E-state index in [0.717, 1.165) is 5.56 Å². The predicted octanol–water partition coefficient (Wildman–Crippen LogP) is 3.99. The third-order valence-electron chi connectivity index (χ3n) is 2.49. The van der Waals surface area contributed by atoms with Crippen molar-refractivity contribution in [2.24, 2.45) is 0 Å². The minimum absolute atomic E-state index is 0.0988. The van der Waals surface area contributed by atoms with Crippen LogP contribution in [0.3, 0.4) is 0 Å². The van der Waals surface area contributed by atoms with E-state index in [1.165, 1.54) is 30.3 Å². The molecule has 0 spiro atoms. The summed E-state index contributed by atoms with van der Waals surface area (Å²) in [5.74, 6) is -0.0106. The number of halogens is 3. The molecule has 0 saturated heterocycles. The van der Waals surface area contributed by atoms with E-state index in [9.17, 15) is 12.8 Å². The van der Waals surface area contributed by atoms with Crippen LogP contribution < -0.4 is 4.74 Å². The van der Waals surface area contributed by atoms with Gasteiger partial charge in [-0.25, -0.2) is 12.8 Å². The maximum atomic E-state index is 12.7. The van der Waals surface area contributed by atoms with E-state index in [4.69, 9.17) is 27.0 Å². The summed E-state index contributed by atoms with van der Waals surface area (Å²) in [5.41, 5.74) is 0.761. The summed E-state index contributed by atoms with van der Waals surface area (Å²) in [5, 5.41) is 0.133. The number of ether oxygens (including phenoxy) is 1. The maximum Gasteiger partial charge on any atom is 0.261 e. The standard InChI is InChI=1S/C13H9Cl2FO3S/c14-12-7-11(20(15,17)18)5-6-13(12)19-8-9-1-3-10(16)4-2-9/h1-7H,8H2. The van der Waals surface area contributed by atoms with E-state index in [0.29, 0.717) is 5.75 Å². The van der Waals surface area contributed by atoms with Crippen molar-refractivity contribution in [1.82, 2.24) is 0 Å². The molecule has 0 saturated carbocycles. The molecule has 0 fully saturated rings. The summed E-state index contributed by atoms with van der Waals surface area (Å²) in [4.78, 5) is -0.0988. The Kier molecular flexibility index (Phi) is 4.52. The first kappa shape index (κ1) is 15.1. The molecule has 7 heteroatoms. The van der Waals surface area contributed by atoms with Crippen molar-refractivity contribution >= 4 is 31.3 Å². The highest BCUT2D eigenvalue weighted by molar-refractivity contribution is 8.13. The molecule has 0 heterocycles. The lowest BCUT2D eigenvalue weighted by Crippen LogP contribution is -1.97. The first-order valence-corrected chi connectivity index (χ1v) is 8.16. The Hall–Kier alpha value is -1.30. The third-order valence-corrected chi connectivity index (χ3v) is 4.14. The molecule has 0 unspecified atom stereocenters. The monoisotopic (exact) mass is 334 g/mol. The van der Waals surface area contributed by atoms with E-state index >= 15 is 0 Å². The smallest absolute Gasteiger partial charge is 0.261 e. The number of rotatable bonds is 4.